The Bertz CT molecular complexity index is 761. The van der Waals surface area contributed by atoms with Crippen LogP contribution < -0.4 is 5.32 Å². The molecule has 2 aromatic heterocycles. The van der Waals surface area contributed by atoms with Gasteiger partial charge in [0.15, 0.2) is 11.5 Å². The predicted octanol–water partition coefficient (Wildman–Crippen LogP) is 3.10. The fourth-order valence-corrected chi connectivity index (χ4v) is 3.00. The third-order valence-electron chi connectivity index (χ3n) is 4.18. The lowest BCUT2D eigenvalue weighted by atomic mass is 9.99. The van der Waals surface area contributed by atoms with E-state index in [4.69, 9.17) is 4.42 Å². The van der Waals surface area contributed by atoms with Crippen LogP contribution in [-0.4, -0.2) is 22.0 Å². The van der Waals surface area contributed by atoms with Crippen molar-refractivity contribution in [1.29, 1.82) is 0 Å². The van der Waals surface area contributed by atoms with Crippen molar-refractivity contribution in [2.24, 2.45) is 5.92 Å². The molecule has 1 aliphatic rings. The number of hydrogen-bond acceptors (Lipinski definition) is 3. The van der Waals surface area contributed by atoms with E-state index in [0.717, 1.165) is 11.8 Å². The average Bonchev–Trinajstić information content (AvgIpc) is 3.06. The molecule has 0 bridgehead atoms. The molecule has 0 spiro atoms. The maximum absolute atomic E-state index is 12.7. The number of fused-ring (bicyclic) bond motifs is 1. The zero-order chi connectivity index (χ0) is 17.5. The summed E-state index contributed by atoms with van der Waals surface area (Å²) < 4.78 is 45.0. The smallest absolute Gasteiger partial charge is 0.434 e. The molecule has 5 nitrogen and oxygen atoms in total. The number of amides is 1. The third-order valence-corrected chi connectivity index (χ3v) is 4.18. The summed E-state index contributed by atoms with van der Waals surface area (Å²) in [7, 11) is 0. The van der Waals surface area contributed by atoms with Crippen LogP contribution in [0.5, 0.6) is 0 Å². The maximum Gasteiger partial charge on any atom is 0.434 e. The Balaban J connectivity index is 1.61. The molecule has 1 N–H and O–H groups in total. The van der Waals surface area contributed by atoms with Gasteiger partial charge in [0.1, 0.15) is 11.6 Å². The molecule has 3 heterocycles. The van der Waals surface area contributed by atoms with E-state index >= 15 is 0 Å². The lowest BCUT2D eigenvalue weighted by Crippen LogP contribution is -2.33. The van der Waals surface area contributed by atoms with E-state index in [2.05, 4.69) is 10.3 Å². The summed E-state index contributed by atoms with van der Waals surface area (Å²) in [6, 6.07) is 1.78. The summed E-state index contributed by atoms with van der Waals surface area (Å²) in [6.07, 6.45) is -2.23. The Morgan fingerprint density at radius 2 is 2.21 bits per heavy atom. The molecule has 0 aliphatic carbocycles. The first kappa shape index (κ1) is 16.6. The van der Waals surface area contributed by atoms with Crippen molar-refractivity contribution in [3.05, 3.63) is 40.9 Å². The molecule has 8 heteroatoms. The molecular weight excluding hydrogens is 323 g/mol. The largest absolute Gasteiger partial charge is 0.456 e. The molecule has 24 heavy (non-hydrogen) atoms. The van der Waals surface area contributed by atoms with Crippen molar-refractivity contribution in [2.45, 2.75) is 39.4 Å². The van der Waals surface area contributed by atoms with Gasteiger partial charge in [-0.3, -0.25) is 4.79 Å². The number of hydrogen-bond donors (Lipinski definition) is 1. The molecule has 3 rings (SSSR count). The Morgan fingerprint density at radius 3 is 2.83 bits per heavy atom. The highest BCUT2D eigenvalue weighted by molar-refractivity contribution is 5.92. The Kier molecular flexibility index (Phi) is 4.15. The fourth-order valence-electron chi connectivity index (χ4n) is 3.00. The van der Waals surface area contributed by atoms with Crippen molar-refractivity contribution < 1.29 is 22.4 Å². The normalized spacial score (nSPS) is 17.6. The molecule has 1 unspecified atom stereocenters. The van der Waals surface area contributed by atoms with Crippen LogP contribution in [-0.2, 0) is 19.1 Å². The Morgan fingerprint density at radius 1 is 1.46 bits per heavy atom. The Hall–Kier alpha value is -2.25. The summed E-state index contributed by atoms with van der Waals surface area (Å²) in [5, 5.41) is 2.80. The van der Waals surface area contributed by atoms with Crippen LogP contribution in [0.15, 0.2) is 16.7 Å². The average molecular weight is 341 g/mol. The van der Waals surface area contributed by atoms with Gasteiger partial charge in [0.2, 0.25) is 0 Å². The van der Waals surface area contributed by atoms with E-state index in [1.165, 1.54) is 4.57 Å². The van der Waals surface area contributed by atoms with Crippen LogP contribution in [0.2, 0.25) is 0 Å². The van der Waals surface area contributed by atoms with Crippen LogP contribution in [0.4, 0.5) is 13.2 Å². The molecule has 0 fully saturated rings. The van der Waals surface area contributed by atoms with Gasteiger partial charge < -0.3 is 14.3 Å². The topological polar surface area (TPSA) is 60.1 Å². The second kappa shape index (κ2) is 5.99. The highest BCUT2D eigenvalue weighted by Crippen LogP contribution is 2.30. The third kappa shape index (κ3) is 3.32. The van der Waals surface area contributed by atoms with Gasteiger partial charge in [0.25, 0.3) is 5.91 Å². The number of halogens is 3. The summed E-state index contributed by atoms with van der Waals surface area (Å²) in [6.45, 7) is 4.36. The zero-order valence-electron chi connectivity index (χ0n) is 13.4. The summed E-state index contributed by atoms with van der Waals surface area (Å²) in [5.41, 5.74) is -0.0933. The monoisotopic (exact) mass is 341 g/mol. The molecule has 1 aliphatic heterocycles. The van der Waals surface area contributed by atoms with Crippen LogP contribution in [0, 0.1) is 19.8 Å². The number of imidazole rings is 1. The number of rotatable bonds is 3. The molecule has 0 aromatic carbocycles. The lowest BCUT2D eigenvalue weighted by molar-refractivity contribution is -0.141. The number of carbonyl (C=O) groups excluding carboxylic acids is 1. The highest BCUT2D eigenvalue weighted by Gasteiger charge is 2.35. The second-order valence-corrected chi connectivity index (χ2v) is 6.18. The van der Waals surface area contributed by atoms with Crippen molar-refractivity contribution in [3.63, 3.8) is 0 Å². The minimum absolute atomic E-state index is 0.0631. The summed E-state index contributed by atoms with van der Waals surface area (Å²) >= 11 is 0. The quantitative estimate of drug-likeness (QED) is 0.933. The van der Waals surface area contributed by atoms with E-state index < -0.39 is 11.9 Å². The van der Waals surface area contributed by atoms with E-state index in [1.807, 2.05) is 0 Å². The van der Waals surface area contributed by atoms with Crippen molar-refractivity contribution >= 4 is 5.91 Å². The van der Waals surface area contributed by atoms with E-state index in [9.17, 15) is 18.0 Å². The first-order valence-electron chi connectivity index (χ1n) is 7.72. The number of nitrogens with one attached hydrogen (secondary N) is 1. The number of aryl methyl sites for hydroxylation is 3. The van der Waals surface area contributed by atoms with E-state index in [0.29, 0.717) is 37.5 Å². The second-order valence-electron chi connectivity index (χ2n) is 6.18. The molecule has 0 radical (unpaired) electrons. The van der Waals surface area contributed by atoms with Gasteiger partial charge in [-0.15, -0.1) is 0 Å². The standard InChI is InChI=1S/C16H18F3N3O2/c1-9-5-10(2)24-14(9)15(23)20-6-11-3-4-13-21-12(16(17,18)19)8-22(13)7-11/h5,8,11H,3-4,6-7H2,1-2H3,(H,20,23). The van der Waals surface area contributed by atoms with E-state index in [1.54, 1.807) is 19.9 Å². The first-order valence-corrected chi connectivity index (χ1v) is 7.72. The molecule has 1 amide bonds. The van der Waals surface area contributed by atoms with Crippen LogP contribution >= 0.6 is 0 Å². The molecule has 2 aromatic rings. The van der Waals surface area contributed by atoms with Gasteiger partial charge in [0.05, 0.1) is 0 Å². The van der Waals surface area contributed by atoms with Crippen molar-refractivity contribution in [1.82, 2.24) is 14.9 Å². The molecule has 0 saturated heterocycles. The van der Waals surface area contributed by atoms with Gasteiger partial charge in [-0.05, 0) is 32.3 Å². The van der Waals surface area contributed by atoms with Crippen LogP contribution in [0.3, 0.4) is 0 Å². The maximum atomic E-state index is 12.7. The van der Waals surface area contributed by atoms with Gasteiger partial charge in [0, 0.05) is 31.3 Å². The van der Waals surface area contributed by atoms with Gasteiger partial charge in [-0.1, -0.05) is 0 Å². The minimum Gasteiger partial charge on any atom is -0.456 e. The number of alkyl halides is 3. The minimum atomic E-state index is -4.43. The SMILES string of the molecule is Cc1cc(C)c(C(=O)NCC2CCc3nc(C(F)(F)F)cn3C2)o1. The highest BCUT2D eigenvalue weighted by atomic mass is 19.4. The zero-order valence-corrected chi connectivity index (χ0v) is 13.4. The Labute approximate surface area is 136 Å². The first-order chi connectivity index (χ1) is 11.2. The van der Waals surface area contributed by atoms with Crippen LogP contribution in [0.1, 0.15) is 39.8 Å². The molecule has 0 saturated carbocycles. The predicted molar refractivity (Wildman–Crippen MR) is 79.6 cm³/mol. The fraction of sp³-hybridized carbons (Fsp3) is 0.500. The van der Waals surface area contributed by atoms with Crippen LogP contribution in [0.25, 0.3) is 0 Å². The van der Waals surface area contributed by atoms with E-state index in [-0.39, 0.29) is 17.6 Å². The van der Waals surface area contributed by atoms with Gasteiger partial charge >= 0.3 is 6.18 Å². The summed E-state index contributed by atoms with van der Waals surface area (Å²) in [5.74, 6) is 1.16. The number of aromatic nitrogens is 2. The number of nitrogens with zero attached hydrogens (tertiary/aromatic N) is 2. The number of furan rings is 1. The summed E-state index contributed by atoms with van der Waals surface area (Å²) in [4.78, 5) is 15.8. The van der Waals surface area contributed by atoms with Crippen molar-refractivity contribution in [2.75, 3.05) is 6.54 Å². The lowest BCUT2D eigenvalue weighted by Gasteiger charge is -2.23. The van der Waals surface area contributed by atoms with Gasteiger partial charge in [-0.25, -0.2) is 4.98 Å². The van der Waals surface area contributed by atoms with Gasteiger partial charge in [-0.2, -0.15) is 13.2 Å². The van der Waals surface area contributed by atoms with Crippen molar-refractivity contribution in [3.8, 4) is 0 Å². The molecular formula is C16H18F3N3O2. The molecule has 130 valence electrons. The number of carbonyl (C=O) groups is 1. The molecule has 1 atom stereocenters.